The van der Waals surface area contributed by atoms with Gasteiger partial charge in [-0.05, 0) is 37.3 Å². The Morgan fingerprint density at radius 3 is 2.75 bits per heavy atom. The van der Waals surface area contributed by atoms with Gasteiger partial charge in [0.1, 0.15) is 5.75 Å². The van der Waals surface area contributed by atoms with E-state index in [0.717, 1.165) is 10.7 Å². The van der Waals surface area contributed by atoms with E-state index in [1.54, 1.807) is 54.1 Å². The summed E-state index contributed by atoms with van der Waals surface area (Å²) < 4.78 is 5.54. The molecule has 6 nitrogen and oxygen atoms in total. The number of carbonyl (C=O) groups is 1. The Hall–Kier alpha value is -3.06. The van der Waals surface area contributed by atoms with Gasteiger partial charge < -0.3 is 10.1 Å². The Kier molecular flexibility index (Phi) is 4.93. The van der Waals surface area contributed by atoms with Crippen molar-refractivity contribution in [1.82, 2.24) is 15.0 Å². The molecule has 0 aliphatic heterocycles. The van der Waals surface area contributed by atoms with Crippen LogP contribution in [0.1, 0.15) is 10.7 Å². The number of hydrogen-bond acceptors (Lipinski definition) is 6. The number of aromatic nitrogens is 3. The van der Waals surface area contributed by atoms with Gasteiger partial charge in [-0.15, -0.1) is 11.3 Å². The first-order valence-electron chi connectivity index (χ1n) is 7.14. The smallest absolute Gasteiger partial charge is 0.248 e. The molecule has 3 aromatic rings. The Morgan fingerprint density at radius 1 is 1.25 bits per heavy atom. The molecule has 7 heteroatoms. The summed E-state index contributed by atoms with van der Waals surface area (Å²) >= 11 is 1.54. The van der Waals surface area contributed by atoms with Crippen LogP contribution in [0.4, 0.5) is 5.69 Å². The third-order valence-corrected chi connectivity index (χ3v) is 3.72. The largest absolute Gasteiger partial charge is 0.438 e. The number of thiazole rings is 1. The fourth-order valence-corrected chi connectivity index (χ4v) is 2.45. The van der Waals surface area contributed by atoms with Crippen LogP contribution in [0.3, 0.4) is 0 Å². The van der Waals surface area contributed by atoms with Crippen LogP contribution in [-0.2, 0) is 4.79 Å². The highest BCUT2D eigenvalue weighted by atomic mass is 32.1. The molecule has 2 aromatic heterocycles. The van der Waals surface area contributed by atoms with Crippen molar-refractivity contribution in [2.75, 3.05) is 5.32 Å². The van der Waals surface area contributed by atoms with Crippen LogP contribution in [-0.4, -0.2) is 20.9 Å². The van der Waals surface area contributed by atoms with Gasteiger partial charge in [0.25, 0.3) is 0 Å². The third kappa shape index (κ3) is 4.47. The highest BCUT2D eigenvalue weighted by molar-refractivity contribution is 7.09. The van der Waals surface area contributed by atoms with E-state index in [-0.39, 0.29) is 5.91 Å². The lowest BCUT2D eigenvalue weighted by Crippen LogP contribution is -2.07. The van der Waals surface area contributed by atoms with Crippen molar-refractivity contribution in [3.05, 3.63) is 65.0 Å². The summed E-state index contributed by atoms with van der Waals surface area (Å²) in [6.07, 6.45) is 7.80. The number of benzene rings is 1. The summed E-state index contributed by atoms with van der Waals surface area (Å²) in [4.78, 5) is 24.1. The average Bonchev–Trinajstić information content (AvgIpc) is 3.01. The van der Waals surface area contributed by atoms with Gasteiger partial charge in [0.15, 0.2) is 0 Å². The van der Waals surface area contributed by atoms with Crippen molar-refractivity contribution in [2.24, 2.45) is 0 Å². The van der Waals surface area contributed by atoms with Crippen molar-refractivity contribution in [1.29, 1.82) is 0 Å². The molecular weight excluding hydrogens is 324 g/mol. The van der Waals surface area contributed by atoms with Crippen molar-refractivity contribution in [3.63, 3.8) is 0 Å². The molecule has 120 valence electrons. The molecule has 24 heavy (non-hydrogen) atoms. The Balaban J connectivity index is 1.57. The number of aryl methyl sites for hydroxylation is 1. The normalized spacial score (nSPS) is 10.7. The van der Waals surface area contributed by atoms with Crippen LogP contribution in [0.15, 0.2) is 54.3 Å². The minimum Gasteiger partial charge on any atom is -0.438 e. The lowest BCUT2D eigenvalue weighted by molar-refractivity contribution is -0.111. The van der Waals surface area contributed by atoms with Gasteiger partial charge in [-0.25, -0.2) is 9.97 Å². The SMILES string of the molecule is Cc1nc(C=CC(=O)Nc2ccc(Oc3cnccn3)cc2)cs1. The maximum Gasteiger partial charge on any atom is 0.248 e. The van der Waals surface area contributed by atoms with Crippen molar-refractivity contribution >= 4 is 29.0 Å². The predicted molar refractivity (Wildman–Crippen MR) is 93.1 cm³/mol. The molecule has 0 radical (unpaired) electrons. The molecule has 3 rings (SSSR count). The zero-order valence-electron chi connectivity index (χ0n) is 12.8. The number of nitrogens with zero attached hydrogens (tertiary/aromatic N) is 3. The molecule has 0 unspecified atom stereocenters. The predicted octanol–water partition coefficient (Wildman–Crippen LogP) is 3.69. The number of carbonyl (C=O) groups excluding carboxylic acids is 1. The maximum atomic E-state index is 11.9. The Bertz CT molecular complexity index is 845. The molecular formula is C17H14N4O2S. The van der Waals surface area contributed by atoms with Crippen LogP contribution < -0.4 is 10.1 Å². The van der Waals surface area contributed by atoms with Gasteiger partial charge in [0.2, 0.25) is 11.8 Å². The van der Waals surface area contributed by atoms with Crippen LogP contribution in [0, 0.1) is 6.92 Å². The molecule has 0 fully saturated rings. The van der Waals surface area contributed by atoms with E-state index >= 15 is 0 Å². The number of anilines is 1. The highest BCUT2D eigenvalue weighted by Crippen LogP contribution is 2.20. The van der Waals surface area contributed by atoms with Gasteiger partial charge in [0, 0.05) is 29.5 Å². The second kappa shape index (κ2) is 7.47. The molecule has 0 saturated heterocycles. The van der Waals surface area contributed by atoms with Crippen molar-refractivity contribution < 1.29 is 9.53 Å². The first-order valence-corrected chi connectivity index (χ1v) is 8.02. The molecule has 0 aliphatic carbocycles. The number of ether oxygens (including phenoxy) is 1. The Labute approximate surface area is 142 Å². The highest BCUT2D eigenvalue weighted by Gasteiger charge is 2.01. The van der Waals surface area contributed by atoms with Gasteiger partial charge in [0.05, 0.1) is 16.9 Å². The molecule has 0 saturated carbocycles. The van der Waals surface area contributed by atoms with Gasteiger partial charge in [-0.1, -0.05) is 0 Å². The molecule has 1 amide bonds. The second-order valence-corrected chi connectivity index (χ2v) is 5.85. The maximum absolute atomic E-state index is 11.9. The molecule has 1 aromatic carbocycles. The quantitative estimate of drug-likeness (QED) is 0.718. The monoisotopic (exact) mass is 338 g/mol. The second-order valence-electron chi connectivity index (χ2n) is 4.78. The summed E-state index contributed by atoms with van der Waals surface area (Å²) in [5.74, 6) is 0.806. The van der Waals surface area contributed by atoms with E-state index in [1.807, 2.05) is 12.3 Å². The lowest BCUT2D eigenvalue weighted by atomic mass is 10.3. The molecule has 0 spiro atoms. The van der Waals surface area contributed by atoms with E-state index in [0.29, 0.717) is 17.3 Å². The zero-order chi connectivity index (χ0) is 16.8. The molecule has 0 aliphatic rings. The first-order chi connectivity index (χ1) is 11.7. The first kappa shape index (κ1) is 15.8. The number of amides is 1. The van der Waals surface area contributed by atoms with Crippen molar-refractivity contribution in [3.8, 4) is 11.6 Å². The summed E-state index contributed by atoms with van der Waals surface area (Å²) in [5.41, 5.74) is 1.45. The molecule has 0 atom stereocenters. The van der Waals surface area contributed by atoms with E-state index in [4.69, 9.17) is 4.74 Å². The van der Waals surface area contributed by atoms with Crippen LogP contribution >= 0.6 is 11.3 Å². The van der Waals surface area contributed by atoms with E-state index in [1.165, 1.54) is 12.3 Å². The zero-order valence-corrected chi connectivity index (χ0v) is 13.7. The average molecular weight is 338 g/mol. The number of nitrogens with one attached hydrogen (secondary N) is 1. The summed E-state index contributed by atoms with van der Waals surface area (Å²) in [5, 5.41) is 5.64. The fraction of sp³-hybridized carbons (Fsp3) is 0.0588. The Morgan fingerprint density at radius 2 is 2.08 bits per heavy atom. The van der Waals surface area contributed by atoms with Gasteiger partial charge in [-0.3, -0.25) is 9.78 Å². The van der Waals surface area contributed by atoms with Gasteiger partial charge >= 0.3 is 0 Å². The van der Waals surface area contributed by atoms with E-state index in [9.17, 15) is 4.79 Å². The van der Waals surface area contributed by atoms with E-state index < -0.39 is 0 Å². The number of rotatable bonds is 5. The minimum absolute atomic E-state index is 0.219. The van der Waals surface area contributed by atoms with E-state index in [2.05, 4.69) is 20.3 Å². The van der Waals surface area contributed by atoms with Crippen LogP contribution in [0.25, 0.3) is 6.08 Å². The summed E-state index contributed by atoms with van der Waals surface area (Å²) in [6.45, 7) is 1.92. The third-order valence-electron chi connectivity index (χ3n) is 2.93. The summed E-state index contributed by atoms with van der Waals surface area (Å²) in [7, 11) is 0. The molecule has 1 N–H and O–H groups in total. The van der Waals surface area contributed by atoms with Crippen LogP contribution in [0.2, 0.25) is 0 Å². The fourth-order valence-electron chi connectivity index (χ4n) is 1.87. The molecule has 2 heterocycles. The topological polar surface area (TPSA) is 77.0 Å². The van der Waals surface area contributed by atoms with Crippen molar-refractivity contribution in [2.45, 2.75) is 6.92 Å². The summed E-state index contributed by atoms with van der Waals surface area (Å²) in [6, 6.07) is 7.00. The minimum atomic E-state index is -0.219. The standard InChI is InChI=1S/C17H14N4O2S/c1-12-20-14(11-24-12)4-7-16(22)21-13-2-5-15(6-3-13)23-17-10-18-8-9-19-17/h2-11H,1H3,(H,21,22). The molecule has 0 bridgehead atoms. The van der Waals surface area contributed by atoms with Crippen LogP contribution in [0.5, 0.6) is 11.6 Å². The van der Waals surface area contributed by atoms with Gasteiger partial charge in [-0.2, -0.15) is 0 Å². The lowest BCUT2D eigenvalue weighted by Gasteiger charge is -2.05. The number of hydrogen-bond donors (Lipinski definition) is 1.